The van der Waals surface area contributed by atoms with Crippen LogP contribution in [0.15, 0.2) is 40.0 Å². The van der Waals surface area contributed by atoms with Gasteiger partial charge in [0.05, 0.1) is 10.6 Å². The van der Waals surface area contributed by atoms with Gasteiger partial charge >= 0.3 is 0 Å². The van der Waals surface area contributed by atoms with Crippen molar-refractivity contribution in [3.8, 4) is 0 Å². The van der Waals surface area contributed by atoms with Gasteiger partial charge in [0, 0.05) is 57.6 Å². The van der Waals surface area contributed by atoms with Crippen LogP contribution in [0.3, 0.4) is 0 Å². The zero-order valence-corrected chi connectivity index (χ0v) is 20.0. The Bertz CT molecular complexity index is 946. The molecule has 1 unspecified atom stereocenters. The van der Waals surface area contributed by atoms with E-state index in [-0.39, 0.29) is 44.1 Å². The number of aliphatic imine (C=N–C) groups is 1. The van der Waals surface area contributed by atoms with Crippen LogP contribution < -0.4 is 11.5 Å². The van der Waals surface area contributed by atoms with Gasteiger partial charge in [0.25, 0.3) is 0 Å². The number of rotatable bonds is 5. The normalized spacial score (nSPS) is 26.8. The second kappa shape index (κ2) is 8.72. The molecule has 0 spiro atoms. The molecule has 2 heterocycles. The van der Waals surface area contributed by atoms with Crippen molar-refractivity contribution in [2.75, 3.05) is 0 Å². The SMILES string of the molecule is Cc1nnc(C23C[C@@H](C)C[C@H](C2)N3[N-]c2ccc(Cl)c(C(N)=N/C=C\N)c2)o1.[Y]. The van der Waals surface area contributed by atoms with E-state index < -0.39 is 0 Å². The molecule has 1 aliphatic carbocycles. The first-order chi connectivity index (χ1) is 13.4. The maximum Gasteiger partial charge on any atom is 0.235 e. The average molecular weight is 490 g/mol. The van der Waals surface area contributed by atoms with E-state index in [0.29, 0.717) is 34.3 Å². The predicted octanol–water partition coefficient (Wildman–Crippen LogP) is 3.48. The van der Waals surface area contributed by atoms with Gasteiger partial charge in [-0.3, -0.25) is 0 Å². The Kier molecular flexibility index (Phi) is 6.68. The van der Waals surface area contributed by atoms with Crippen LogP contribution in [0.5, 0.6) is 0 Å². The van der Waals surface area contributed by atoms with Crippen molar-refractivity contribution in [1.82, 2.24) is 15.2 Å². The van der Waals surface area contributed by atoms with Gasteiger partial charge in [-0.05, 0) is 37.3 Å². The van der Waals surface area contributed by atoms with E-state index in [9.17, 15) is 0 Å². The molecule has 10 heteroatoms. The fourth-order valence-corrected chi connectivity index (χ4v) is 4.53. The number of fused-ring (bicyclic) bond motifs is 2. The minimum atomic E-state index is -0.342. The summed E-state index contributed by atoms with van der Waals surface area (Å²) in [6.45, 7) is 4.06. The Labute approximate surface area is 200 Å². The number of benzene rings is 1. The smallest absolute Gasteiger partial charge is 0.235 e. The van der Waals surface area contributed by atoms with E-state index in [4.69, 9.17) is 32.9 Å². The predicted molar refractivity (Wildman–Crippen MR) is 108 cm³/mol. The summed E-state index contributed by atoms with van der Waals surface area (Å²) in [7, 11) is 0. The fraction of sp³-hybridized carbons (Fsp3) is 0.421. The van der Waals surface area contributed by atoms with Gasteiger partial charge in [0.15, 0.2) is 0 Å². The van der Waals surface area contributed by atoms with Crippen LogP contribution in [-0.4, -0.2) is 27.1 Å². The van der Waals surface area contributed by atoms with Gasteiger partial charge in [0.2, 0.25) is 11.8 Å². The van der Waals surface area contributed by atoms with Gasteiger partial charge in [-0.15, -0.1) is 15.9 Å². The first-order valence-corrected chi connectivity index (χ1v) is 9.62. The van der Waals surface area contributed by atoms with Gasteiger partial charge in [-0.25, -0.2) is 4.99 Å². The molecule has 2 fully saturated rings. The van der Waals surface area contributed by atoms with Crippen LogP contribution in [0.25, 0.3) is 5.43 Å². The van der Waals surface area contributed by atoms with Crippen molar-refractivity contribution in [3.05, 3.63) is 58.4 Å². The molecule has 3 atom stereocenters. The molecule has 2 bridgehead atoms. The molecule has 1 radical (unpaired) electrons. The summed E-state index contributed by atoms with van der Waals surface area (Å²) >= 11 is 6.29. The van der Waals surface area contributed by atoms with Gasteiger partial charge in [-0.2, -0.15) is 0 Å². The van der Waals surface area contributed by atoms with E-state index in [1.165, 1.54) is 12.4 Å². The summed E-state index contributed by atoms with van der Waals surface area (Å²) in [5.74, 6) is 2.06. The van der Waals surface area contributed by atoms with Crippen LogP contribution in [0, 0.1) is 12.8 Å². The molecule has 1 aliphatic heterocycles. The van der Waals surface area contributed by atoms with E-state index in [1.54, 1.807) is 13.0 Å². The first-order valence-electron chi connectivity index (χ1n) is 9.24. The van der Waals surface area contributed by atoms with Crippen LogP contribution >= 0.6 is 11.6 Å². The Balaban J connectivity index is 0.00000240. The van der Waals surface area contributed by atoms with E-state index >= 15 is 0 Å². The quantitative estimate of drug-likeness (QED) is 0.490. The summed E-state index contributed by atoms with van der Waals surface area (Å²) < 4.78 is 5.80. The minimum absolute atomic E-state index is 0. The van der Waals surface area contributed by atoms with Crippen molar-refractivity contribution in [2.45, 2.75) is 44.7 Å². The third-order valence-electron chi connectivity index (χ3n) is 5.39. The maximum atomic E-state index is 6.29. The number of aromatic nitrogens is 2. The third kappa shape index (κ3) is 4.08. The van der Waals surface area contributed by atoms with Crippen molar-refractivity contribution >= 4 is 23.1 Å². The van der Waals surface area contributed by atoms with Gasteiger partial charge in [-0.1, -0.05) is 30.7 Å². The zero-order chi connectivity index (χ0) is 19.9. The number of nitrogens with two attached hydrogens (primary N) is 2. The molecule has 2 aliphatic rings. The molecule has 4 rings (SSSR count). The van der Waals surface area contributed by atoms with E-state index in [0.717, 1.165) is 24.9 Å². The van der Waals surface area contributed by atoms with Gasteiger partial charge in [0.1, 0.15) is 5.84 Å². The van der Waals surface area contributed by atoms with E-state index in [1.807, 2.05) is 12.1 Å². The van der Waals surface area contributed by atoms with Crippen molar-refractivity contribution in [3.63, 3.8) is 0 Å². The molecular formula is C19H23ClN7OY-. The Morgan fingerprint density at radius 1 is 1.41 bits per heavy atom. The van der Waals surface area contributed by atoms with Crippen molar-refractivity contribution < 1.29 is 37.1 Å². The standard InChI is InChI=1S/C19H23ClN7O.Y/c1-11-7-14-10-19(9-11,18-25-24-12(2)28-18)27(14)26-13-3-4-16(20)15(8-13)17(22)23-6-5-21;/h3-6,8,11,14H,7,9-10,21H2,1-2H3,(H2,22,23);/q-1;/b6-5-;/t11-,14+,19?;/m0./s1. The van der Waals surface area contributed by atoms with Gasteiger partial charge < -0.3 is 26.3 Å². The number of amidine groups is 1. The van der Waals surface area contributed by atoms with Crippen LogP contribution in [0.2, 0.25) is 5.02 Å². The second-order valence-electron chi connectivity index (χ2n) is 7.53. The second-order valence-corrected chi connectivity index (χ2v) is 7.93. The average Bonchev–Trinajstić information content (AvgIpc) is 3.11. The number of halogens is 1. The summed E-state index contributed by atoms with van der Waals surface area (Å²) in [6, 6.07) is 5.81. The molecule has 151 valence electrons. The fourth-order valence-electron chi connectivity index (χ4n) is 4.31. The number of hydrogen-bond acceptors (Lipinski definition) is 6. The van der Waals surface area contributed by atoms with Crippen LogP contribution in [0.1, 0.15) is 43.5 Å². The van der Waals surface area contributed by atoms with Crippen molar-refractivity contribution in [1.29, 1.82) is 0 Å². The topological polar surface area (TPSA) is 121 Å². The Hall–Kier alpha value is -1.48. The molecule has 1 saturated carbocycles. The number of aryl methyl sites for hydroxylation is 1. The molecule has 1 aromatic heterocycles. The van der Waals surface area contributed by atoms with Crippen molar-refractivity contribution in [2.24, 2.45) is 22.4 Å². The molecule has 2 aromatic rings. The van der Waals surface area contributed by atoms with Crippen LogP contribution in [0.4, 0.5) is 5.69 Å². The molecule has 0 amide bonds. The molecule has 1 aromatic carbocycles. The molecule has 8 nitrogen and oxygen atoms in total. The number of hydrogen-bond donors (Lipinski definition) is 2. The molecule has 29 heavy (non-hydrogen) atoms. The first kappa shape index (κ1) is 22.2. The zero-order valence-electron chi connectivity index (χ0n) is 16.4. The largest absolute Gasteiger partial charge is 0.619 e. The summed E-state index contributed by atoms with van der Waals surface area (Å²) in [4.78, 5) is 4.08. The summed E-state index contributed by atoms with van der Waals surface area (Å²) in [5, 5.41) is 10.9. The van der Waals surface area contributed by atoms with E-state index in [2.05, 4.69) is 27.1 Å². The summed E-state index contributed by atoms with van der Waals surface area (Å²) in [5.41, 5.74) is 17.3. The maximum absolute atomic E-state index is 6.29. The Morgan fingerprint density at radius 2 is 2.21 bits per heavy atom. The molecular weight excluding hydrogens is 467 g/mol. The Morgan fingerprint density at radius 3 is 2.90 bits per heavy atom. The number of piperidine rings is 1. The number of nitrogens with zero attached hydrogens (tertiary/aromatic N) is 5. The minimum Gasteiger partial charge on any atom is -0.619 e. The molecule has 1 saturated heterocycles. The molecule has 4 N–H and O–H groups in total. The monoisotopic (exact) mass is 489 g/mol. The van der Waals surface area contributed by atoms with Crippen LogP contribution in [-0.2, 0) is 38.2 Å². The third-order valence-corrected chi connectivity index (χ3v) is 5.72. The summed E-state index contributed by atoms with van der Waals surface area (Å²) in [6.07, 6.45) is 5.72.